The number of ether oxygens (including phenoxy) is 14. The summed E-state index contributed by atoms with van der Waals surface area (Å²) in [7, 11) is 6.45. The third-order valence-corrected chi connectivity index (χ3v) is 24.0. The van der Waals surface area contributed by atoms with Crippen LogP contribution in [-0.2, 0) is 88.4 Å². The van der Waals surface area contributed by atoms with Crippen LogP contribution in [0.25, 0.3) is 10.9 Å². The highest BCUT2D eigenvalue weighted by atomic mass is 16.5. The monoisotopic (exact) mass is 1740 g/mol. The van der Waals surface area contributed by atoms with Gasteiger partial charge in [-0.3, -0.25) is 9.59 Å². The average molecular weight is 1750 g/mol. The molecule has 14 rings (SSSR count). The van der Waals surface area contributed by atoms with E-state index in [2.05, 4.69) is 149 Å². The summed E-state index contributed by atoms with van der Waals surface area (Å²) >= 11 is 0. The zero-order valence-electron chi connectivity index (χ0n) is 75.6. The molecule has 682 valence electrons. The fourth-order valence-corrected chi connectivity index (χ4v) is 17.1. The number of aromatic nitrogens is 1. The fraction of sp³-hybridized carbons (Fsp3) is 0.443. The number of esters is 1. The number of unbranched alkanes of at least 4 members (excludes halogenated alkanes) is 2. The first-order valence-corrected chi connectivity index (χ1v) is 45.9. The Bertz CT molecular complexity index is 4960. The van der Waals surface area contributed by atoms with Crippen LogP contribution >= 0.6 is 0 Å². The number of fused-ring (bicyclic) bond motifs is 2. The fourth-order valence-electron chi connectivity index (χ4n) is 17.1. The molecule has 3 fully saturated rings. The number of nitrogens with one attached hydrogen (secondary N) is 3. The number of carbonyl (C=O) groups excluding carboxylic acids is 2. The zero-order chi connectivity index (χ0) is 89.0. The standard InChI is InChI=1S/C38H47N3O4.C34H42N2O5.C34H43NO7/c1-28-26-40(35-9-4-3-8-33(28)35)20-5-6-23-44-32-15-12-30(13-16-32)34-18-19-39-25-37(34)45-27-29-10-11-31-14-17-38(42)41(36(31)24-29)21-7-22-43-2;1-37-32-12-4-3-11-29(32)26-38-21-8-22-39-30-16-14-27(15-17-30)31-18-20-36-25-34(31)41-24-23-40-33-13-5-2-9-28(33)10-6-7-19-35;1-37-31-10-5-4-9-28(31)25-39-20-7-21-40-29-15-12-26(13-16-29)30-18-19-35-24-33(30)42-23-22-41-32-11-6-3-8-27(32)14-17-34(36)38-2/h3-4,8-13,15-16,24,26,34,37,39H,5-7,14,17-23,25,27H2,1-2H3;2-5,9,11-17,31,34,36H,6-8,10,18,20-26H2,1H3;3-6,8-13,15-16,30,33,35H,7,14,17-25H2,1-2H3/t34-,37+;31-,34+;30-,33+/m111/s1. The van der Waals surface area contributed by atoms with Crippen molar-refractivity contribution in [2.45, 2.75) is 166 Å². The van der Waals surface area contributed by atoms with Crippen LogP contribution in [0.1, 0.15) is 150 Å². The van der Waals surface area contributed by atoms with Gasteiger partial charge in [0.05, 0.1) is 112 Å². The second-order valence-electron chi connectivity index (χ2n) is 32.7. The number of rotatable bonds is 48. The molecule has 3 N–H and O–H groups in total. The van der Waals surface area contributed by atoms with Crippen molar-refractivity contribution in [3.63, 3.8) is 0 Å². The molecule has 1 amide bonds. The van der Waals surface area contributed by atoms with E-state index >= 15 is 0 Å². The molecule has 4 aliphatic heterocycles. The van der Waals surface area contributed by atoms with Crippen LogP contribution in [0.5, 0.6) is 40.2 Å². The van der Waals surface area contributed by atoms with Crippen molar-refractivity contribution in [3.05, 3.63) is 274 Å². The van der Waals surface area contributed by atoms with E-state index < -0.39 is 0 Å². The lowest BCUT2D eigenvalue weighted by molar-refractivity contribution is -0.140. The summed E-state index contributed by atoms with van der Waals surface area (Å²) in [5.74, 6) is 6.92. The second-order valence-corrected chi connectivity index (χ2v) is 32.7. The Hall–Kier alpha value is -10.8. The predicted molar refractivity (Wildman–Crippen MR) is 501 cm³/mol. The van der Waals surface area contributed by atoms with Gasteiger partial charge in [-0.05, 0) is 208 Å². The van der Waals surface area contributed by atoms with Crippen molar-refractivity contribution in [3.8, 4) is 46.3 Å². The molecular weight excluding hydrogens is 1610 g/mol. The Labute approximate surface area is 757 Å². The molecule has 0 spiro atoms. The summed E-state index contributed by atoms with van der Waals surface area (Å²) in [6.45, 7) is 16.6. The number of hydrogen-bond donors (Lipinski definition) is 3. The van der Waals surface area contributed by atoms with Gasteiger partial charge in [0.25, 0.3) is 0 Å². The molecular formula is C106H132N6O16. The van der Waals surface area contributed by atoms with Gasteiger partial charge in [0.15, 0.2) is 0 Å². The molecule has 0 aliphatic carbocycles. The van der Waals surface area contributed by atoms with Gasteiger partial charge in [-0.25, -0.2) is 0 Å². The summed E-state index contributed by atoms with van der Waals surface area (Å²) in [5, 5.41) is 20.6. The number of para-hydroxylation sites is 5. The lowest BCUT2D eigenvalue weighted by Crippen LogP contribution is -2.41. The summed E-state index contributed by atoms with van der Waals surface area (Å²) in [5.41, 5.74) is 14.1. The van der Waals surface area contributed by atoms with Gasteiger partial charge < -0.3 is 91.7 Å². The molecule has 6 atom stereocenters. The Kier molecular flexibility index (Phi) is 40.5. The van der Waals surface area contributed by atoms with Gasteiger partial charge in [-0.1, -0.05) is 140 Å². The molecule has 128 heavy (non-hydrogen) atoms. The number of carbonyl (C=O) groups is 2. The van der Waals surface area contributed by atoms with Crippen LogP contribution < -0.4 is 54.0 Å². The molecule has 0 bridgehead atoms. The van der Waals surface area contributed by atoms with Gasteiger partial charge in [-0.2, -0.15) is 5.26 Å². The SMILES string of the molecule is COC(=O)CCc1ccccc1OCCO[C@H]1CNCC[C@@H]1c1ccc(OCCCOCc2ccccc2OC)cc1.COCCCN1C(=O)CCc2ccc(CO[C@H]3CNCC[C@@H]3c3ccc(OCCCCn4cc(C)c5ccccc54)cc3)cc21.COc1ccccc1COCCCOc1ccc([C@H]2CCNC[C@@H]2OCCOc2ccccc2CCCC#N)cc1. The minimum atomic E-state index is -0.227. The van der Waals surface area contributed by atoms with Crippen LogP contribution in [0.3, 0.4) is 0 Å². The molecule has 22 nitrogen and oxygen atoms in total. The molecule has 22 heteroatoms. The van der Waals surface area contributed by atoms with Crippen molar-refractivity contribution < 1.29 is 75.9 Å². The number of methoxy groups -OCH3 is 4. The van der Waals surface area contributed by atoms with Crippen molar-refractivity contribution in [2.75, 3.05) is 145 Å². The number of nitrogens with zero attached hydrogens (tertiary/aromatic N) is 3. The normalized spacial score (nSPS) is 17.2. The lowest BCUT2D eigenvalue weighted by Gasteiger charge is -2.33. The maximum absolute atomic E-state index is 12.7. The smallest absolute Gasteiger partial charge is 0.305 e. The summed E-state index contributed by atoms with van der Waals surface area (Å²) in [6, 6.07) is 74.4. The molecule has 5 heterocycles. The van der Waals surface area contributed by atoms with E-state index in [0.29, 0.717) is 136 Å². The van der Waals surface area contributed by atoms with Gasteiger partial charge in [0.1, 0.15) is 53.5 Å². The highest BCUT2D eigenvalue weighted by Gasteiger charge is 2.32. The molecule has 10 aromatic rings. The molecule has 0 unspecified atom stereocenters. The van der Waals surface area contributed by atoms with Gasteiger partial charge in [0.2, 0.25) is 5.91 Å². The Morgan fingerprint density at radius 1 is 0.445 bits per heavy atom. The molecule has 0 radical (unpaired) electrons. The van der Waals surface area contributed by atoms with Crippen LogP contribution in [0.2, 0.25) is 0 Å². The summed E-state index contributed by atoms with van der Waals surface area (Å²) < 4.78 is 83.9. The maximum Gasteiger partial charge on any atom is 0.305 e. The van der Waals surface area contributed by atoms with E-state index in [-0.39, 0.29) is 30.2 Å². The molecule has 9 aromatic carbocycles. The highest BCUT2D eigenvalue weighted by Crippen LogP contribution is 2.36. The average Bonchev–Trinajstić information content (AvgIpc) is 1.61. The predicted octanol–water partition coefficient (Wildman–Crippen LogP) is 18.2. The largest absolute Gasteiger partial charge is 0.496 e. The van der Waals surface area contributed by atoms with Crippen LogP contribution in [0.4, 0.5) is 5.69 Å². The molecule has 3 saturated heterocycles. The number of amides is 1. The van der Waals surface area contributed by atoms with E-state index in [1.807, 2.05) is 108 Å². The Morgan fingerprint density at radius 2 is 0.930 bits per heavy atom. The molecule has 4 aliphatic rings. The van der Waals surface area contributed by atoms with E-state index in [9.17, 15) is 9.59 Å². The third-order valence-electron chi connectivity index (χ3n) is 24.0. The van der Waals surface area contributed by atoms with E-state index in [1.54, 1.807) is 21.3 Å². The van der Waals surface area contributed by atoms with E-state index in [4.69, 9.17) is 71.6 Å². The van der Waals surface area contributed by atoms with Crippen molar-refractivity contribution >= 4 is 28.5 Å². The Morgan fingerprint density at radius 3 is 1.45 bits per heavy atom. The van der Waals surface area contributed by atoms with Crippen molar-refractivity contribution in [1.29, 1.82) is 5.26 Å². The quantitative estimate of drug-likeness (QED) is 0.0238. The maximum atomic E-state index is 12.7. The zero-order valence-corrected chi connectivity index (χ0v) is 75.6. The number of nitriles is 1. The van der Waals surface area contributed by atoms with Crippen molar-refractivity contribution in [1.82, 2.24) is 20.5 Å². The highest BCUT2D eigenvalue weighted by molar-refractivity contribution is 5.96. The second kappa shape index (κ2) is 53.9. The first kappa shape index (κ1) is 96.3. The van der Waals surface area contributed by atoms with Crippen LogP contribution in [0, 0.1) is 18.3 Å². The minimum Gasteiger partial charge on any atom is -0.496 e. The van der Waals surface area contributed by atoms with Gasteiger partial charge >= 0.3 is 5.97 Å². The number of hydrogen-bond acceptors (Lipinski definition) is 20. The summed E-state index contributed by atoms with van der Waals surface area (Å²) in [4.78, 5) is 26.2. The number of aryl methyl sites for hydroxylation is 5. The number of anilines is 1. The van der Waals surface area contributed by atoms with Gasteiger partial charge in [-0.15, -0.1) is 0 Å². The van der Waals surface area contributed by atoms with Crippen molar-refractivity contribution in [2.24, 2.45) is 0 Å². The molecule has 1 aromatic heterocycles. The first-order valence-electron chi connectivity index (χ1n) is 45.9. The lowest BCUT2D eigenvalue weighted by atomic mass is 9.87. The van der Waals surface area contributed by atoms with Gasteiger partial charge in [0, 0.05) is 130 Å². The Balaban J connectivity index is 0.000000174. The van der Waals surface area contributed by atoms with Crippen LogP contribution in [-0.4, -0.2) is 175 Å². The van der Waals surface area contributed by atoms with E-state index in [0.717, 1.165) is 190 Å². The first-order chi connectivity index (χ1) is 63.1. The summed E-state index contributed by atoms with van der Waals surface area (Å²) in [6.07, 6.45) is 14.6. The van der Waals surface area contributed by atoms with E-state index in [1.165, 1.54) is 45.8 Å². The van der Waals surface area contributed by atoms with Crippen LogP contribution in [0.15, 0.2) is 219 Å². The minimum absolute atomic E-state index is 0.0593. The third kappa shape index (κ3) is 30.2. The topological polar surface area (TPSA) is 231 Å². The number of benzene rings is 9. The molecule has 0 saturated carbocycles. The number of piperidine rings is 3.